The Morgan fingerprint density at radius 3 is 2.69 bits per heavy atom. The second kappa shape index (κ2) is 3.93. The van der Waals surface area contributed by atoms with E-state index in [2.05, 4.69) is 9.82 Å². The van der Waals surface area contributed by atoms with Gasteiger partial charge in [0.25, 0.3) is 0 Å². The third kappa shape index (κ3) is 2.86. The molecule has 0 spiro atoms. The predicted molar refractivity (Wildman–Crippen MR) is 41.9 cm³/mol. The zero-order valence-corrected chi connectivity index (χ0v) is 7.15. The van der Waals surface area contributed by atoms with Crippen molar-refractivity contribution in [1.29, 1.82) is 0 Å². The lowest BCUT2D eigenvalue weighted by Crippen LogP contribution is -2.09. The number of pyridine rings is 1. The van der Waals surface area contributed by atoms with Gasteiger partial charge in [0.05, 0.1) is 0 Å². The van der Waals surface area contributed by atoms with Crippen molar-refractivity contribution in [3.63, 3.8) is 0 Å². The Balaban J connectivity index is 2.92. The molecule has 1 N–H and O–H groups in total. The number of hydrogen-bond acceptors (Lipinski definition) is 2. The summed E-state index contributed by atoms with van der Waals surface area (Å²) >= 11 is 5.15. The van der Waals surface area contributed by atoms with Crippen LogP contribution in [0.3, 0.4) is 0 Å². The Hall–Kier alpha value is -0.810. The minimum atomic E-state index is -4.40. The summed E-state index contributed by atoms with van der Waals surface area (Å²) in [6.45, 7) is 0.174. The lowest BCUT2D eigenvalue weighted by molar-refractivity contribution is -0.141. The third-order valence-electron chi connectivity index (χ3n) is 1.39. The van der Waals surface area contributed by atoms with E-state index in [-0.39, 0.29) is 6.54 Å². The molecule has 0 radical (unpaired) electrons. The first-order chi connectivity index (χ1) is 6.04. The van der Waals surface area contributed by atoms with Crippen molar-refractivity contribution >= 4 is 11.8 Å². The molecule has 0 fully saturated rings. The molecule has 0 amide bonds. The molecular weight excluding hydrogens is 205 g/mol. The quantitative estimate of drug-likeness (QED) is 0.758. The van der Waals surface area contributed by atoms with Crippen LogP contribution in [0.1, 0.15) is 11.3 Å². The van der Waals surface area contributed by atoms with Crippen molar-refractivity contribution in [2.75, 3.05) is 0 Å². The number of aromatic nitrogens is 1. The monoisotopic (exact) mass is 210 g/mol. The highest BCUT2D eigenvalue weighted by Crippen LogP contribution is 2.27. The molecule has 0 aliphatic rings. The van der Waals surface area contributed by atoms with Crippen LogP contribution in [0.25, 0.3) is 0 Å². The Labute approximate surface area is 77.8 Å². The molecule has 2 nitrogen and oxygen atoms in total. The highest BCUT2D eigenvalue weighted by molar-refractivity contribution is 6.13. The zero-order chi connectivity index (χ0) is 9.90. The van der Waals surface area contributed by atoms with Crippen LogP contribution in [0.2, 0.25) is 0 Å². The molecule has 1 heterocycles. The molecule has 0 atom stereocenters. The van der Waals surface area contributed by atoms with Crippen molar-refractivity contribution in [2.45, 2.75) is 12.7 Å². The van der Waals surface area contributed by atoms with Crippen LogP contribution in [0.15, 0.2) is 18.3 Å². The fourth-order valence-corrected chi connectivity index (χ4v) is 0.971. The van der Waals surface area contributed by atoms with E-state index in [9.17, 15) is 13.2 Å². The molecule has 1 aromatic heterocycles. The van der Waals surface area contributed by atoms with Gasteiger partial charge in [0.2, 0.25) is 0 Å². The number of hydrogen-bond donors (Lipinski definition) is 1. The van der Waals surface area contributed by atoms with E-state index in [4.69, 9.17) is 11.8 Å². The summed E-state index contributed by atoms with van der Waals surface area (Å²) in [5, 5.41) is 0. The van der Waals surface area contributed by atoms with Crippen molar-refractivity contribution in [1.82, 2.24) is 9.82 Å². The molecule has 0 aliphatic carbocycles. The summed E-state index contributed by atoms with van der Waals surface area (Å²) in [5.41, 5.74) is -0.464. The molecule has 1 rings (SSSR count). The average molecular weight is 211 g/mol. The normalized spacial score (nSPS) is 11.7. The maximum Gasteiger partial charge on any atom is 0.433 e. The zero-order valence-electron chi connectivity index (χ0n) is 6.40. The molecule has 0 aromatic carbocycles. The second-order valence-electron chi connectivity index (χ2n) is 2.36. The van der Waals surface area contributed by atoms with Gasteiger partial charge >= 0.3 is 6.18 Å². The maximum absolute atomic E-state index is 12.1. The fourth-order valence-electron chi connectivity index (χ4n) is 0.816. The predicted octanol–water partition coefficient (Wildman–Crippen LogP) is 2.34. The van der Waals surface area contributed by atoms with Gasteiger partial charge in [0, 0.05) is 12.7 Å². The Morgan fingerprint density at radius 2 is 2.15 bits per heavy atom. The van der Waals surface area contributed by atoms with Crippen LogP contribution in [0.5, 0.6) is 0 Å². The third-order valence-corrected chi connectivity index (χ3v) is 1.52. The van der Waals surface area contributed by atoms with Gasteiger partial charge in [-0.05, 0) is 29.5 Å². The number of nitrogens with zero attached hydrogens (tertiary/aromatic N) is 1. The average Bonchev–Trinajstić information content (AvgIpc) is 2.04. The van der Waals surface area contributed by atoms with Gasteiger partial charge in [-0.3, -0.25) is 4.98 Å². The number of alkyl halides is 3. The lowest BCUT2D eigenvalue weighted by Gasteiger charge is -2.06. The largest absolute Gasteiger partial charge is 0.433 e. The van der Waals surface area contributed by atoms with E-state index in [1.54, 1.807) is 0 Å². The van der Waals surface area contributed by atoms with Crippen molar-refractivity contribution < 1.29 is 13.2 Å². The Morgan fingerprint density at radius 1 is 1.46 bits per heavy atom. The smallest absolute Gasteiger partial charge is 0.252 e. The standard InChI is InChI=1S/C7H6ClF3N2/c8-13-4-5-1-2-12-6(3-5)7(9,10)11/h1-3,13H,4H2. The summed E-state index contributed by atoms with van der Waals surface area (Å²) in [6.07, 6.45) is -3.30. The van der Waals surface area contributed by atoms with Gasteiger partial charge < -0.3 is 0 Å². The topological polar surface area (TPSA) is 24.9 Å². The summed E-state index contributed by atoms with van der Waals surface area (Å²) < 4.78 is 36.3. The summed E-state index contributed by atoms with van der Waals surface area (Å²) in [5.74, 6) is 0. The summed E-state index contributed by atoms with van der Waals surface area (Å²) in [4.78, 5) is 5.44. The first kappa shape index (κ1) is 10.3. The molecule has 6 heteroatoms. The highest BCUT2D eigenvalue weighted by Gasteiger charge is 2.32. The fraction of sp³-hybridized carbons (Fsp3) is 0.286. The van der Waals surface area contributed by atoms with Gasteiger partial charge in [0.1, 0.15) is 5.69 Å². The van der Waals surface area contributed by atoms with E-state index < -0.39 is 11.9 Å². The molecule has 0 saturated carbocycles. The lowest BCUT2D eigenvalue weighted by atomic mass is 10.2. The number of rotatable bonds is 2. The van der Waals surface area contributed by atoms with Gasteiger partial charge in [-0.25, -0.2) is 4.84 Å². The summed E-state index contributed by atoms with van der Waals surface area (Å²) in [6, 6.07) is 2.42. The minimum absolute atomic E-state index is 0.174. The van der Waals surface area contributed by atoms with E-state index in [0.717, 1.165) is 12.3 Å². The van der Waals surface area contributed by atoms with Gasteiger partial charge in [-0.2, -0.15) is 13.2 Å². The molecule has 0 saturated heterocycles. The van der Waals surface area contributed by atoms with E-state index in [1.165, 1.54) is 6.07 Å². The highest BCUT2D eigenvalue weighted by atomic mass is 35.5. The van der Waals surface area contributed by atoms with Crippen LogP contribution in [0, 0.1) is 0 Å². The maximum atomic E-state index is 12.1. The Kier molecular flexibility index (Phi) is 3.11. The number of nitrogens with one attached hydrogen (secondary N) is 1. The molecule has 1 aromatic rings. The van der Waals surface area contributed by atoms with Crippen LogP contribution >= 0.6 is 11.8 Å². The van der Waals surface area contributed by atoms with E-state index in [0.29, 0.717) is 5.56 Å². The Bertz CT molecular complexity index is 287. The van der Waals surface area contributed by atoms with Gasteiger partial charge in [-0.15, -0.1) is 0 Å². The minimum Gasteiger partial charge on any atom is -0.252 e. The van der Waals surface area contributed by atoms with Crippen LogP contribution < -0.4 is 4.84 Å². The molecule has 72 valence electrons. The van der Waals surface area contributed by atoms with E-state index in [1.807, 2.05) is 0 Å². The van der Waals surface area contributed by atoms with Crippen LogP contribution in [-0.2, 0) is 12.7 Å². The van der Waals surface area contributed by atoms with Gasteiger partial charge in [-0.1, -0.05) is 0 Å². The van der Waals surface area contributed by atoms with Crippen molar-refractivity contribution in [3.05, 3.63) is 29.6 Å². The van der Waals surface area contributed by atoms with Crippen LogP contribution in [0.4, 0.5) is 13.2 Å². The second-order valence-corrected chi connectivity index (χ2v) is 2.62. The van der Waals surface area contributed by atoms with Gasteiger partial charge in [0.15, 0.2) is 0 Å². The molecule has 0 aliphatic heterocycles. The molecule has 0 bridgehead atoms. The van der Waals surface area contributed by atoms with E-state index >= 15 is 0 Å². The van der Waals surface area contributed by atoms with Crippen molar-refractivity contribution in [3.8, 4) is 0 Å². The first-order valence-corrected chi connectivity index (χ1v) is 3.77. The first-order valence-electron chi connectivity index (χ1n) is 3.39. The molecule has 0 unspecified atom stereocenters. The molecular formula is C7H6ClF3N2. The molecule has 13 heavy (non-hydrogen) atoms. The summed E-state index contributed by atoms with van der Waals surface area (Å²) in [7, 11) is 0. The van der Waals surface area contributed by atoms with Crippen LogP contribution in [-0.4, -0.2) is 4.98 Å². The number of halogens is 4. The van der Waals surface area contributed by atoms with Crippen molar-refractivity contribution in [2.24, 2.45) is 0 Å². The SMILES string of the molecule is FC(F)(F)c1cc(CNCl)ccn1.